The average Bonchev–Trinajstić information content (AvgIpc) is 3.30. The smallest absolute Gasteiger partial charge is 0.329 e. The lowest BCUT2D eigenvalue weighted by Crippen LogP contribution is -2.35. The van der Waals surface area contributed by atoms with E-state index < -0.39 is 11.2 Å². The Morgan fingerprint density at radius 3 is 2.52 bits per heavy atom. The maximum atomic E-state index is 13.4. The zero-order chi connectivity index (χ0) is 19.4. The first-order valence-electron chi connectivity index (χ1n) is 10.2. The van der Waals surface area contributed by atoms with E-state index in [0.29, 0.717) is 48.6 Å². The van der Waals surface area contributed by atoms with E-state index in [9.17, 15) is 14.4 Å². The summed E-state index contributed by atoms with van der Waals surface area (Å²) >= 11 is 0. The van der Waals surface area contributed by atoms with Crippen molar-refractivity contribution in [2.45, 2.75) is 38.6 Å². The van der Waals surface area contributed by atoms with Gasteiger partial charge < -0.3 is 10.2 Å². The van der Waals surface area contributed by atoms with Gasteiger partial charge in [0.15, 0.2) is 5.65 Å². The molecular weight excluding hydrogens is 394 g/mol. The predicted molar refractivity (Wildman–Crippen MR) is 112 cm³/mol. The van der Waals surface area contributed by atoms with Crippen molar-refractivity contribution >= 4 is 29.3 Å². The van der Waals surface area contributed by atoms with E-state index in [1.165, 1.54) is 4.57 Å². The number of H-pyrrole nitrogens is 1. The number of carbonyl (C=O) groups excluding carboxylic acids is 1. The highest BCUT2D eigenvalue weighted by atomic mass is 35.5. The van der Waals surface area contributed by atoms with Crippen LogP contribution in [0, 0.1) is 11.8 Å². The van der Waals surface area contributed by atoms with Crippen LogP contribution in [-0.4, -0.2) is 51.5 Å². The number of hydrogen-bond donors (Lipinski definition) is 2. The van der Waals surface area contributed by atoms with E-state index in [0.717, 1.165) is 38.0 Å². The molecule has 3 fully saturated rings. The fourth-order valence-electron chi connectivity index (χ4n) is 4.67. The number of rotatable bonds is 4. The minimum absolute atomic E-state index is 0. The molecule has 2 aromatic heterocycles. The minimum Gasteiger partial charge on any atom is -0.338 e. The molecule has 0 bridgehead atoms. The standard InChI is InChI=1S/C20H25N5O3.ClH/c1-2-5-25-17-16(18(26)23-20(25)28)14(6-15(22-17)11-3-4-11)19(27)24-9-12-7-21-8-13(12)10-24;/h6,11-13,21H,2-5,7-10H2,1H3,(H,23,26,28);1H/t12-,13+;. The van der Waals surface area contributed by atoms with Crippen molar-refractivity contribution in [3.8, 4) is 0 Å². The van der Waals surface area contributed by atoms with Gasteiger partial charge in [0.25, 0.3) is 11.5 Å². The van der Waals surface area contributed by atoms with Gasteiger partial charge in [-0.15, -0.1) is 12.4 Å². The number of nitrogens with one attached hydrogen (secondary N) is 2. The number of fused-ring (bicyclic) bond motifs is 2. The van der Waals surface area contributed by atoms with Gasteiger partial charge in [-0.25, -0.2) is 9.78 Å². The molecule has 1 aliphatic carbocycles. The molecule has 0 aromatic carbocycles. The number of amides is 1. The summed E-state index contributed by atoms with van der Waals surface area (Å²) in [6, 6.07) is 1.80. The van der Waals surface area contributed by atoms with Gasteiger partial charge in [0.2, 0.25) is 0 Å². The summed E-state index contributed by atoms with van der Waals surface area (Å²) in [6.07, 6.45) is 2.81. The Balaban J connectivity index is 0.00000205. The summed E-state index contributed by atoms with van der Waals surface area (Å²) in [5.74, 6) is 1.17. The first-order chi connectivity index (χ1) is 13.6. The molecule has 4 heterocycles. The van der Waals surface area contributed by atoms with Gasteiger partial charge in [-0.05, 0) is 37.2 Å². The molecule has 1 amide bonds. The third kappa shape index (κ3) is 3.38. The number of hydrogen-bond acceptors (Lipinski definition) is 5. The van der Waals surface area contributed by atoms with Gasteiger partial charge in [-0.2, -0.15) is 0 Å². The van der Waals surface area contributed by atoms with Crippen LogP contribution in [0.4, 0.5) is 0 Å². The van der Waals surface area contributed by atoms with Crippen molar-refractivity contribution in [3.05, 3.63) is 38.2 Å². The lowest BCUT2D eigenvalue weighted by atomic mass is 10.0. The molecular formula is C20H26ClN5O3. The Kier molecular flexibility index (Phi) is 5.25. The molecule has 2 N–H and O–H groups in total. The van der Waals surface area contributed by atoms with Gasteiger partial charge in [-0.3, -0.25) is 19.1 Å². The molecule has 2 aromatic rings. The molecule has 1 saturated carbocycles. The number of aryl methyl sites for hydroxylation is 1. The number of carbonyl (C=O) groups is 1. The fraction of sp³-hybridized carbons (Fsp3) is 0.600. The zero-order valence-electron chi connectivity index (χ0n) is 16.4. The number of halogens is 1. The molecule has 2 aliphatic heterocycles. The highest BCUT2D eigenvalue weighted by molar-refractivity contribution is 6.05. The van der Waals surface area contributed by atoms with E-state index in [1.54, 1.807) is 6.07 Å². The summed E-state index contributed by atoms with van der Waals surface area (Å²) in [4.78, 5) is 47.4. The second kappa shape index (κ2) is 7.57. The van der Waals surface area contributed by atoms with E-state index in [-0.39, 0.29) is 23.7 Å². The van der Waals surface area contributed by atoms with Gasteiger partial charge in [0, 0.05) is 44.3 Å². The Bertz CT molecular complexity index is 1060. The summed E-state index contributed by atoms with van der Waals surface area (Å²) in [7, 11) is 0. The van der Waals surface area contributed by atoms with Crippen LogP contribution in [0.3, 0.4) is 0 Å². The normalized spacial score (nSPS) is 23.3. The molecule has 5 rings (SSSR count). The highest BCUT2D eigenvalue weighted by Crippen LogP contribution is 2.40. The Morgan fingerprint density at radius 1 is 1.21 bits per heavy atom. The van der Waals surface area contributed by atoms with Crippen LogP contribution in [-0.2, 0) is 6.54 Å². The predicted octanol–water partition coefficient (Wildman–Crippen LogP) is 1.09. The topological polar surface area (TPSA) is 100 Å². The first-order valence-corrected chi connectivity index (χ1v) is 10.2. The van der Waals surface area contributed by atoms with E-state index in [1.807, 2.05) is 11.8 Å². The van der Waals surface area contributed by atoms with Crippen molar-refractivity contribution in [3.63, 3.8) is 0 Å². The van der Waals surface area contributed by atoms with Gasteiger partial charge in [-0.1, -0.05) is 6.92 Å². The van der Waals surface area contributed by atoms with E-state index in [4.69, 9.17) is 0 Å². The van der Waals surface area contributed by atoms with Crippen molar-refractivity contribution in [1.82, 2.24) is 24.8 Å². The average molecular weight is 420 g/mol. The Labute approximate surface area is 174 Å². The lowest BCUT2D eigenvalue weighted by molar-refractivity contribution is 0.0783. The number of aromatic nitrogens is 3. The monoisotopic (exact) mass is 419 g/mol. The number of likely N-dealkylation sites (tertiary alicyclic amines) is 1. The summed E-state index contributed by atoms with van der Waals surface area (Å²) in [6.45, 7) is 5.74. The summed E-state index contributed by atoms with van der Waals surface area (Å²) in [5, 5.41) is 3.63. The van der Waals surface area contributed by atoms with E-state index >= 15 is 0 Å². The van der Waals surface area contributed by atoms with Crippen LogP contribution in [0.5, 0.6) is 0 Å². The molecule has 156 valence electrons. The van der Waals surface area contributed by atoms with Crippen LogP contribution >= 0.6 is 12.4 Å². The fourth-order valence-corrected chi connectivity index (χ4v) is 4.67. The van der Waals surface area contributed by atoms with Gasteiger partial charge >= 0.3 is 5.69 Å². The second-order valence-corrected chi connectivity index (χ2v) is 8.37. The zero-order valence-corrected chi connectivity index (χ0v) is 17.3. The third-order valence-electron chi connectivity index (χ3n) is 6.32. The summed E-state index contributed by atoms with van der Waals surface area (Å²) in [5.41, 5.74) is 0.591. The number of aromatic amines is 1. The molecule has 8 nitrogen and oxygen atoms in total. The van der Waals surface area contributed by atoms with Crippen molar-refractivity contribution < 1.29 is 4.79 Å². The Hall–Kier alpha value is -2.19. The lowest BCUT2D eigenvalue weighted by Gasteiger charge is -2.19. The van der Waals surface area contributed by atoms with Crippen LogP contribution in [0.2, 0.25) is 0 Å². The maximum Gasteiger partial charge on any atom is 0.329 e. The summed E-state index contributed by atoms with van der Waals surface area (Å²) < 4.78 is 1.50. The quantitative estimate of drug-likeness (QED) is 0.772. The molecule has 0 unspecified atom stereocenters. The highest BCUT2D eigenvalue weighted by Gasteiger charge is 2.39. The molecule has 9 heteroatoms. The van der Waals surface area contributed by atoms with Gasteiger partial charge in [0.05, 0.1) is 10.9 Å². The van der Waals surface area contributed by atoms with E-state index in [2.05, 4.69) is 15.3 Å². The Morgan fingerprint density at radius 2 is 1.90 bits per heavy atom. The van der Waals surface area contributed by atoms with Crippen molar-refractivity contribution in [2.75, 3.05) is 26.2 Å². The van der Waals surface area contributed by atoms with Gasteiger partial charge in [0.1, 0.15) is 0 Å². The van der Waals surface area contributed by atoms with Crippen LogP contribution in [0.15, 0.2) is 15.7 Å². The molecule has 2 atom stereocenters. The molecule has 0 radical (unpaired) electrons. The first kappa shape index (κ1) is 20.1. The van der Waals surface area contributed by atoms with Crippen LogP contribution in [0.1, 0.15) is 48.2 Å². The maximum absolute atomic E-state index is 13.4. The SMILES string of the molecule is CCCn1c(=O)[nH]c(=O)c2c(C(=O)N3C[C@H]4CNC[C@H]4C3)cc(C3CC3)nc21.Cl. The molecule has 3 aliphatic rings. The molecule has 0 spiro atoms. The number of pyridine rings is 1. The largest absolute Gasteiger partial charge is 0.338 e. The van der Waals surface area contributed by atoms with Crippen LogP contribution < -0.4 is 16.6 Å². The van der Waals surface area contributed by atoms with Crippen LogP contribution in [0.25, 0.3) is 11.0 Å². The molecule has 29 heavy (non-hydrogen) atoms. The number of nitrogens with zero attached hydrogens (tertiary/aromatic N) is 3. The second-order valence-electron chi connectivity index (χ2n) is 8.37. The minimum atomic E-state index is -0.522. The third-order valence-corrected chi connectivity index (χ3v) is 6.32. The van der Waals surface area contributed by atoms with Crippen molar-refractivity contribution in [1.29, 1.82) is 0 Å². The molecule has 2 saturated heterocycles. The van der Waals surface area contributed by atoms with Crippen molar-refractivity contribution in [2.24, 2.45) is 11.8 Å².